The van der Waals surface area contributed by atoms with Crippen LogP contribution in [0.5, 0.6) is 46.0 Å². The first-order valence-electron chi connectivity index (χ1n) is 31.2. The van der Waals surface area contributed by atoms with Gasteiger partial charge in [0.25, 0.3) is 0 Å². The summed E-state index contributed by atoms with van der Waals surface area (Å²) < 4.78 is 38.2. The topological polar surface area (TPSA) is 544 Å². The Labute approximate surface area is 577 Å². The number of carboxylic acid groups (broad SMARTS) is 1. The molecule has 0 radical (unpaired) electrons. The number of phenols is 3. The fourth-order valence-corrected chi connectivity index (χ4v) is 12.6. The van der Waals surface area contributed by atoms with E-state index in [4.69, 9.17) is 68.8 Å². The Hall–Kier alpha value is -9.20. The second kappa shape index (κ2) is 29.6. The predicted molar refractivity (Wildman–Crippen MR) is 344 cm³/mol. The number of amides is 7. The number of phenolic OH excluding ortho intramolecular Hbond substituents is 3. The summed E-state index contributed by atoms with van der Waals surface area (Å²) in [6.07, 6.45) is -18.5. The zero-order chi connectivity index (χ0) is 72.8. The van der Waals surface area contributed by atoms with Crippen LogP contribution in [0.4, 0.5) is 0 Å². The smallest absolute Gasteiger partial charge is 0.330 e. The number of nitrogens with one attached hydrogen (secondary N) is 6. The molecule has 22 N–H and O–H groups in total. The maximum absolute atomic E-state index is 16.0. The summed E-state index contributed by atoms with van der Waals surface area (Å²) in [5, 5.41) is 127. The molecule has 536 valence electrons. The van der Waals surface area contributed by atoms with Gasteiger partial charge in [-0.3, -0.25) is 33.6 Å². The van der Waals surface area contributed by atoms with Crippen molar-refractivity contribution in [3.8, 4) is 57.1 Å². The molecule has 7 aliphatic heterocycles. The number of halogens is 2. The van der Waals surface area contributed by atoms with Gasteiger partial charge in [0.2, 0.25) is 53.4 Å². The van der Waals surface area contributed by atoms with Crippen molar-refractivity contribution >= 4 is 70.5 Å². The average molecular weight is 1440 g/mol. The summed E-state index contributed by atoms with van der Waals surface area (Å²) in [5.74, 6) is -16.7. The minimum absolute atomic E-state index is 0.188. The number of carboxylic acids is 1. The molecule has 33 nitrogen and oxygen atoms in total. The van der Waals surface area contributed by atoms with Crippen molar-refractivity contribution in [3.63, 3.8) is 0 Å². The van der Waals surface area contributed by atoms with E-state index in [1.165, 1.54) is 26.0 Å². The Bertz CT molecular complexity index is 4060. The predicted octanol–water partition coefficient (Wildman–Crippen LogP) is -0.154. The van der Waals surface area contributed by atoms with Gasteiger partial charge in [-0.25, -0.2) is 4.79 Å². The molecule has 11 bridgehead atoms. The number of carbonyl (C=O) groups excluding carboxylic acids is 7. The Morgan fingerprint density at radius 3 is 1.91 bits per heavy atom. The number of hydrogen-bond donors (Lipinski definition) is 19. The van der Waals surface area contributed by atoms with Gasteiger partial charge >= 0.3 is 5.97 Å². The maximum atomic E-state index is 16.0. The molecule has 35 heteroatoms. The fraction of sp³-hybridized carbons (Fsp3) is 0.415. The molecule has 0 aromatic heterocycles. The fourth-order valence-electron chi connectivity index (χ4n) is 12.2. The van der Waals surface area contributed by atoms with E-state index in [1.54, 1.807) is 13.8 Å². The van der Waals surface area contributed by atoms with Crippen LogP contribution >= 0.6 is 23.2 Å². The molecule has 100 heavy (non-hydrogen) atoms. The van der Waals surface area contributed by atoms with Gasteiger partial charge in [-0.1, -0.05) is 61.7 Å². The summed E-state index contributed by atoms with van der Waals surface area (Å²) in [6.45, 7) is 5.39. The third kappa shape index (κ3) is 15.1. The van der Waals surface area contributed by atoms with Crippen LogP contribution in [0, 0.1) is 5.92 Å². The number of carbonyl (C=O) groups is 8. The lowest BCUT2D eigenvalue weighted by molar-refractivity contribution is -0.333. The molecule has 7 heterocycles. The molecule has 0 aliphatic carbocycles. The van der Waals surface area contributed by atoms with Gasteiger partial charge in [0, 0.05) is 34.7 Å². The van der Waals surface area contributed by atoms with Crippen molar-refractivity contribution in [3.05, 3.63) is 117 Å². The van der Waals surface area contributed by atoms with E-state index in [2.05, 4.69) is 31.9 Å². The molecule has 0 spiro atoms. The van der Waals surface area contributed by atoms with Gasteiger partial charge in [-0.05, 0) is 96.6 Å². The largest absolute Gasteiger partial charge is 0.508 e. The van der Waals surface area contributed by atoms with Crippen LogP contribution in [0.2, 0.25) is 10.0 Å². The summed E-state index contributed by atoms with van der Waals surface area (Å²) in [5.41, 5.74) is 14.2. The van der Waals surface area contributed by atoms with Crippen LogP contribution in [0.15, 0.2) is 78.9 Å². The first-order chi connectivity index (χ1) is 47.2. The summed E-state index contributed by atoms with van der Waals surface area (Å²) in [4.78, 5) is 116. The lowest BCUT2D eigenvalue weighted by atomic mass is 9.86. The van der Waals surface area contributed by atoms with Crippen LogP contribution < -0.4 is 63.3 Å². The number of primary amides is 1. The van der Waals surface area contributed by atoms with Crippen molar-refractivity contribution in [2.45, 2.75) is 156 Å². The normalized spacial score (nSPS) is 29.9. The number of rotatable bonds is 12. The Kier molecular flexibility index (Phi) is 21.7. The van der Waals surface area contributed by atoms with Gasteiger partial charge in [0.05, 0.1) is 41.3 Å². The minimum atomic E-state index is -2.35. The quantitative estimate of drug-likeness (QED) is 0.0772. The molecular formula is C65H73Cl2N9O24. The van der Waals surface area contributed by atoms with Gasteiger partial charge in [0.1, 0.15) is 89.5 Å². The number of aliphatic carboxylic acids is 1. The molecular weight excluding hydrogens is 1360 g/mol. The SMILES string of the molecule is CCC(C)C(N)C(=O)NC1C(=O)NC(CC(N)=O)C(=O)NC2C(=O)NC3C(=O)NC(C(=O)NC(C(=O)O)c4cc(O)cc(O)c4-c4cc3ccc4O)C(O)c3ccc(c(Cl)c3)Oc3cc2cc(c3OC2OC(CO)C(O)C(O)C2OC2CC(C)(N)C(O)C(C)O2)Oc2ccc(cc2Cl)C1O. The van der Waals surface area contributed by atoms with E-state index in [1.807, 2.05) is 0 Å². The van der Waals surface area contributed by atoms with E-state index in [-0.39, 0.29) is 33.9 Å². The van der Waals surface area contributed by atoms with Crippen LogP contribution in [-0.4, -0.2) is 184 Å². The monoisotopic (exact) mass is 1430 g/mol. The van der Waals surface area contributed by atoms with Crippen LogP contribution in [0.25, 0.3) is 11.1 Å². The van der Waals surface area contributed by atoms with Gasteiger partial charge in [0.15, 0.2) is 29.9 Å². The van der Waals surface area contributed by atoms with Crippen molar-refractivity contribution in [2.24, 2.45) is 23.1 Å². The average Bonchev–Trinajstić information content (AvgIpc) is 0.769. The molecule has 7 amide bonds. The standard InChI is InChI=1S/C65H73Cl2N9O24/c1-5-22(2)44(69)58(88)75-48-50(82)25-7-10-36(31(66)13-25)96-38-15-27-16-39(54(38)100-64-55(53(85)52(84)40(21-77)98-64)99-42-20-65(4,70)56(86)23(3)95-42)97-37-11-8-26(14-32(37)67)51(83)49-62(92)74-47(63(93)94)30-17-28(78)18-35(80)43(30)29-12-24(6-9-34(29)79)45(59(89)76-49)73-60(90)46(27)72-57(87)33(19-41(68)81)71-61(48)91/h6-18,22-23,33,40,42,44-53,55-56,64,77-80,82-86H,5,19-21,69-70H2,1-4H3,(H2,68,81)(H,71,91)(H,72,87)(H,73,90)(H,74,92)(H,75,88)(H,76,89)(H,93,94). The summed E-state index contributed by atoms with van der Waals surface area (Å²) >= 11 is 14.1. The Morgan fingerprint density at radius 1 is 0.720 bits per heavy atom. The molecule has 2 saturated heterocycles. The number of aliphatic hydroxyl groups is 6. The lowest BCUT2D eigenvalue weighted by Gasteiger charge is -2.47. The van der Waals surface area contributed by atoms with Crippen LogP contribution in [-0.2, 0) is 52.6 Å². The van der Waals surface area contributed by atoms with Gasteiger partial charge < -0.3 is 129 Å². The first kappa shape index (κ1) is 73.5. The highest BCUT2D eigenvalue weighted by Crippen LogP contribution is 2.50. The molecule has 19 atom stereocenters. The van der Waals surface area contributed by atoms with E-state index < -0.39 is 243 Å². The molecule has 2 fully saturated rings. The summed E-state index contributed by atoms with van der Waals surface area (Å²) in [6, 6.07) is -1.19. The van der Waals surface area contributed by atoms with Crippen molar-refractivity contribution in [2.75, 3.05) is 6.61 Å². The minimum Gasteiger partial charge on any atom is -0.508 e. The van der Waals surface area contributed by atoms with E-state index in [0.29, 0.717) is 6.42 Å². The highest BCUT2D eigenvalue weighted by molar-refractivity contribution is 6.32. The van der Waals surface area contributed by atoms with Crippen LogP contribution in [0.3, 0.4) is 0 Å². The molecule has 12 rings (SSSR count). The highest BCUT2D eigenvalue weighted by Gasteiger charge is 2.51. The summed E-state index contributed by atoms with van der Waals surface area (Å²) in [7, 11) is 0. The van der Waals surface area contributed by atoms with Gasteiger partial charge in [-0.15, -0.1) is 0 Å². The molecule has 5 aromatic rings. The molecule has 19 unspecified atom stereocenters. The number of ether oxygens (including phenoxy) is 6. The van der Waals surface area contributed by atoms with Crippen molar-refractivity contribution in [1.29, 1.82) is 0 Å². The molecule has 7 aliphatic rings. The van der Waals surface area contributed by atoms with Crippen molar-refractivity contribution < 1.29 is 118 Å². The molecule has 5 aromatic carbocycles. The number of hydrogen-bond acceptors (Lipinski definition) is 25. The number of fused-ring (bicyclic) bond motifs is 15. The first-order valence-corrected chi connectivity index (χ1v) is 32.0. The van der Waals surface area contributed by atoms with Crippen molar-refractivity contribution in [1.82, 2.24) is 31.9 Å². The number of nitrogens with two attached hydrogens (primary N) is 3. The number of aliphatic hydroxyl groups excluding tert-OH is 6. The number of benzene rings is 5. The lowest BCUT2D eigenvalue weighted by Crippen LogP contribution is -2.64. The van der Waals surface area contributed by atoms with E-state index in [0.717, 1.165) is 66.7 Å². The highest BCUT2D eigenvalue weighted by atomic mass is 35.5. The van der Waals surface area contributed by atoms with Crippen LogP contribution in [0.1, 0.15) is 105 Å². The van der Waals surface area contributed by atoms with E-state index in [9.17, 15) is 75.0 Å². The van der Waals surface area contributed by atoms with Gasteiger partial charge in [-0.2, -0.15) is 0 Å². The molecule has 0 saturated carbocycles. The third-order valence-corrected chi connectivity index (χ3v) is 18.6. The Balaban J connectivity index is 1.24. The second-order valence-corrected chi connectivity index (χ2v) is 26.0. The second-order valence-electron chi connectivity index (χ2n) is 25.2. The zero-order valence-corrected chi connectivity index (χ0v) is 54.9. The maximum Gasteiger partial charge on any atom is 0.330 e. The Morgan fingerprint density at radius 2 is 1.32 bits per heavy atom. The zero-order valence-electron chi connectivity index (χ0n) is 53.4. The third-order valence-electron chi connectivity index (χ3n) is 18.0. The van der Waals surface area contributed by atoms with E-state index >= 15 is 14.4 Å². The number of aromatic hydroxyl groups is 3.